The third-order valence-corrected chi connectivity index (χ3v) is 5.41. The second-order valence-electron chi connectivity index (χ2n) is 5.50. The highest BCUT2D eigenvalue weighted by Gasteiger charge is 2.11. The highest BCUT2D eigenvalue weighted by molar-refractivity contribution is 8.76. The maximum Gasteiger partial charge on any atom is 0.224 e. The Morgan fingerprint density at radius 1 is 0.500 bits per heavy atom. The van der Waals surface area contributed by atoms with E-state index >= 15 is 0 Å². The van der Waals surface area contributed by atoms with E-state index in [1.165, 1.54) is 21.6 Å². The first-order valence-corrected chi connectivity index (χ1v) is 10.3. The van der Waals surface area contributed by atoms with Gasteiger partial charge in [0.25, 0.3) is 0 Å². The number of benzene rings is 2. The first-order chi connectivity index (χ1) is 13.7. The Hall–Kier alpha value is -3.24. The molecule has 0 atom stereocenters. The highest BCUT2D eigenvalue weighted by Crippen LogP contribution is 2.35. The van der Waals surface area contributed by atoms with Crippen molar-refractivity contribution in [2.45, 2.75) is 10.3 Å². The maximum atomic E-state index is 5.84. The lowest BCUT2D eigenvalue weighted by Crippen LogP contribution is -2.02. The zero-order chi connectivity index (χ0) is 19.3. The van der Waals surface area contributed by atoms with Gasteiger partial charge in [-0.25, -0.2) is 9.97 Å². The molecule has 2 aromatic carbocycles. The molecule has 28 heavy (non-hydrogen) atoms. The molecule has 0 fully saturated rings. The number of hydrogen-bond acceptors (Lipinski definition) is 10. The van der Waals surface area contributed by atoms with Gasteiger partial charge in [-0.05, 0) is 21.6 Å². The van der Waals surface area contributed by atoms with Gasteiger partial charge in [0, 0.05) is 11.1 Å². The molecule has 2 heterocycles. The van der Waals surface area contributed by atoms with Crippen molar-refractivity contribution in [2.75, 3.05) is 11.5 Å². The van der Waals surface area contributed by atoms with Crippen LogP contribution in [0.15, 0.2) is 71.0 Å². The molecular weight excluding hydrogens is 392 g/mol. The fraction of sp³-hybridized carbons (Fsp3) is 0. The van der Waals surface area contributed by atoms with Crippen LogP contribution in [0.2, 0.25) is 0 Å². The van der Waals surface area contributed by atoms with Gasteiger partial charge in [-0.15, -0.1) is 0 Å². The number of nitrogen functional groups attached to an aromatic ring is 2. The lowest BCUT2D eigenvalue weighted by atomic mass is 10.2. The number of aromatic nitrogens is 6. The third-order valence-electron chi connectivity index (χ3n) is 3.52. The molecule has 10 heteroatoms. The minimum atomic E-state index is 0.150. The van der Waals surface area contributed by atoms with Gasteiger partial charge < -0.3 is 11.5 Å². The molecule has 4 aromatic rings. The van der Waals surface area contributed by atoms with Gasteiger partial charge in [0.1, 0.15) is 0 Å². The summed E-state index contributed by atoms with van der Waals surface area (Å²) in [4.78, 5) is 25.7. The molecule has 0 saturated heterocycles. The Kier molecular flexibility index (Phi) is 5.31. The summed E-state index contributed by atoms with van der Waals surface area (Å²) in [5, 5.41) is 0.910. The summed E-state index contributed by atoms with van der Waals surface area (Å²) >= 11 is 0. The van der Waals surface area contributed by atoms with Crippen LogP contribution in [0.1, 0.15) is 0 Å². The lowest BCUT2D eigenvalue weighted by Gasteiger charge is -2.05. The number of nitrogens with zero attached hydrogens (tertiary/aromatic N) is 6. The number of anilines is 2. The van der Waals surface area contributed by atoms with E-state index in [2.05, 4.69) is 29.9 Å². The van der Waals surface area contributed by atoms with Gasteiger partial charge >= 0.3 is 0 Å². The van der Waals surface area contributed by atoms with E-state index < -0.39 is 0 Å². The van der Waals surface area contributed by atoms with Crippen molar-refractivity contribution >= 4 is 33.5 Å². The van der Waals surface area contributed by atoms with Crippen LogP contribution in [0, 0.1) is 0 Å². The summed E-state index contributed by atoms with van der Waals surface area (Å²) in [6, 6.07) is 19.1. The Bertz CT molecular complexity index is 1000. The smallest absolute Gasteiger partial charge is 0.224 e. The summed E-state index contributed by atoms with van der Waals surface area (Å²) in [5.74, 6) is 1.32. The van der Waals surface area contributed by atoms with Crippen LogP contribution in [-0.4, -0.2) is 29.9 Å². The van der Waals surface area contributed by atoms with Gasteiger partial charge in [0.15, 0.2) is 11.6 Å². The van der Waals surface area contributed by atoms with Gasteiger partial charge in [0.05, 0.1) is 0 Å². The fourth-order valence-electron chi connectivity index (χ4n) is 2.33. The largest absolute Gasteiger partial charge is 0.368 e. The van der Waals surface area contributed by atoms with E-state index in [0.717, 1.165) is 11.1 Å². The van der Waals surface area contributed by atoms with Crippen LogP contribution in [-0.2, 0) is 0 Å². The molecule has 0 aliphatic heterocycles. The molecule has 2 aromatic heterocycles. The van der Waals surface area contributed by atoms with E-state index in [0.29, 0.717) is 22.0 Å². The zero-order valence-corrected chi connectivity index (χ0v) is 16.1. The second-order valence-corrected chi connectivity index (χ2v) is 7.56. The van der Waals surface area contributed by atoms with Crippen LogP contribution in [0.5, 0.6) is 0 Å². The molecule has 138 valence electrons. The summed E-state index contributed by atoms with van der Waals surface area (Å²) in [6.07, 6.45) is 0. The average molecular weight is 407 g/mol. The standard InChI is InChI=1S/C18H14N8S2/c19-15-21-13(11-7-3-1-4-8-11)23-17(25-15)27-28-18-24-14(22-16(20)26-18)12-9-5-2-6-10-12/h1-10H,(H2,19,21,23,25)(H2,20,22,24,26). The maximum absolute atomic E-state index is 5.84. The molecule has 0 aliphatic rings. The average Bonchev–Trinajstić information content (AvgIpc) is 2.73. The molecule has 4 N–H and O–H groups in total. The topological polar surface area (TPSA) is 129 Å². The van der Waals surface area contributed by atoms with Crippen molar-refractivity contribution < 1.29 is 0 Å². The van der Waals surface area contributed by atoms with E-state index in [-0.39, 0.29) is 11.9 Å². The van der Waals surface area contributed by atoms with Crippen LogP contribution < -0.4 is 11.5 Å². The quantitative estimate of drug-likeness (QED) is 0.476. The number of nitrogens with two attached hydrogens (primary N) is 2. The van der Waals surface area contributed by atoms with E-state index in [1.807, 2.05) is 60.7 Å². The molecule has 8 nitrogen and oxygen atoms in total. The van der Waals surface area contributed by atoms with Gasteiger partial charge in [-0.1, -0.05) is 60.7 Å². The molecule has 0 radical (unpaired) electrons. The van der Waals surface area contributed by atoms with Gasteiger partial charge in [-0.3, -0.25) is 0 Å². The summed E-state index contributed by atoms with van der Waals surface area (Å²) < 4.78 is 0. The zero-order valence-electron chi connectivity index (χ0n) is 14.4. The molecule has 0 aliphatic carbocycles. The predicted octanol–water partition coefficient (Wildman–Crippen LogP) is 3.35. The molecule has 4 rings (SSSR count). The molecule has 0 amide bonds. The van der Waals surface area contributed by atoms with Crippen molar-refractivity contribution in [3.05, 3.63) is 60.7 Å². The Morgan fingerprint density at radius 2 is 0.893 bits per heavy atom. The monoisotopic (exact) mass is 406 g/mol. The summed E-state index contributed by atoms with van der Waals surface area (Å²) in [6.45, 7) is 0. The lowest BCUT2D eigenvalue weighted by molar-refractivity contribution is 0.924. The Morgan fingerprint density at radius 3 is 1.29 bits per heavy atom. The van der Waals surface area contributed by atoms with Crippen LogP contribution >= 0.6 is 21.6 Å². The van der Waals surface area contributed by atoms with Crippen LogP contribution in [0.3, 0.4) is 0 Å². The molecule has 0 bridgehead atoms. The van der Waals surface area contributed by atoms with E-state index in [4.69, 9.17) is 11.5 Å². The van der Waals surface area contributed by atoms with Crippen molar-refractivity contribution in [3.63, 3.8) is 0 Å². The SMILES string of the molecule is Nc1nc(SSc2nc(N)nc(-c3ccccc3)n2)nc(-c2ccccc2)n1. The summed E-state index contributed by atoms with van der Waals surface area (Å²) in [7, 11) is 2.55. The normalized spacial score (nSPS) is 10.7. The highest BCUT2D eigenvalue weighted by atomic mass is 33.1. The van der Waals surface area contributed by atoms with Gasteiger partial charge in [0.2, 0.25) is 22.2 Å². The van der Waals surface area contributed by atoms with E-state index in [9.17, 15) is 0 Å². The van der Waals surface area contributed by atoms with Crippen LogP contribution in [0.25, 0.3) is 22.8 Å². The van der Waals surface area contributed by atoms with E-state index in [1.54, 1.807) is 0 Å². The minimum Gasteiger partial charge on any atom is -0.368 e. The summed E-state index contributed by atoms with van der Waals surface area (Å²) in [5.41, 5.74) is 13.4. The van der Waals surface area contributed by atoms with Crippen molar-refractivity contribution in [3.8, 4) is 22.8 Å². The van der Waals surface area contributed by atoms with Crippen molar-refractivity contribution in [2.24, 2.45) is 0 Å². The van der Waals surface area contributed by atoms with Gasteiger partial charge in [-0.2, -0.15) is 19.9 Å². The minimum absolute atomic E-state index is 0.150. The fourth-order valence-corrected chi connectivity index (χ4v) is 3.88. The Labute approximate surface area is 168 Å². The molecule has 0 unspecified atom stereocenters. The van der Waals surface area contributed by atoms with Crippen molar-refractivity contribution in [1.29, 1.82) is 0 Å². The predicted molar refractivity (Wildman–Crippen MR) is 111 cm³/mol. The van der Waals surface area contributed by atoms with Crippen LogP contribution in [0.4, 0.5) is 11.9 Å². The Balaban J connectivity index is 1.57. The van der Waals surface area contributed by atoms with Crippen molar-refractivity contribution in [1.82, 2.24) is 29.9 Å². The second kappa shape index (κ2) is 8.19. The number of rotatable bonds is 5. The first kappa shape index (κ1) is 18.1. The first-order valence-electron chi connectivity index (χ1n) is 8.16. The third kappa shape index (κ3) is 4.35. The number of hydrogen-bond donors (Lipinski definition) is 2. The molecule has 0 saturated carbocycles. The molecule has 0 spiro atoms. The molecular formula is C18H14N8S2.